The van der Waals surface area contributed by atoms with Crippen molar-refractivity contribution >= 4 is 20.9 Å². The maximum Gasteiger partial charge on any atom is 0.252 e. The van der Waals surface area contributed by atoms with Gasteiger partial charge in [-0.3, -0.25) is 4.79 Å². The largest absolute Gasteiger partial charge is 0.497 e. The zero-order valence-electron chi connectivity index (χ0n) is 18.1. The van der Waals surface area contributed by atoms with Crippen LogP contribution in [-0.2, 0) is 23.1 Å². The van der Waals surface area contributed by atoms with Gasteiger partial charge < -0.3 is 14.1 Å². The van der Waals surface area contributed by atoms with Crippen LogP contribution in [0.15, 0.2) is 75.0 Å². The first kappa shape index (κ1) is 21.9. The van der Waals surface area contributed by atoms with E-state index in [0.717, 1.165) is 22.0 Å². The van der Waals surface area contributed by atoms with E-state index >= 15 is 0 Å². The molecule has 0 aliphatic heterocycles. The van der Waals surface area contributed by atoms with Gasteiger partial charge in [0.25, 0.3) is 5.56 Å². The number of aromatic amines is 1. The standard InChI is InChI=1S/C24H24N2O5S/c1-16-11-17(2)22-13-18(24(27)25-23(22)12-16)14-26(15-20-5-4-10-31-20)32(28,29)21-8-6-19(30-3)7-9-21/h4-13H,14-15H2,1-3H3,(H,25,27). The molecule has 0 aliphatic carbocycles. The minimum Gasteiger partial charge on any atom is -0.497 e. The number of H-pyrrole nitrogens is 1. The predicted molar refractivity (Wildman–Crippen MR) is 122 cm³/mol. The quantitative estimate of drug-likeness (QED) is 0.455. The molecule has 0 saturated heterocycles. The molecule has 7 nitrogen and oxygen atoms in total. The molecular formula is C24H24N2O5S. The highest BCUT2D eigenvalue weighted by Crippen LogP contribution is 2.24. The lowest BCUT2D eigenvalue weighted by atomic mass is 10.0. The summed E-state index contributed by atoms with van der Waals surface area (Å²) in [4.78, 5) is 15.8. The second-order valence-corrected chi connectivity index (χ2v) is 9.63. The first-order valence-electron chi connectivity index (χ1n) is 10.1. The molecule has 8 heteroatoms. The summed E-state index contributed by atoms with van der Waals surface area (Å²) in [7, 11) is -2.41. The normalized spacial score (nSPS) is 11.9. The maximum absolute atomic E-state index is 13.5. The lowest BCUT2D eigenvalue weighted by Gasteiger charge is -2.21. The van der Waals surface area contributed by atoms with E-state index in [1.54, 1.807) is 30.3 Å². The van der Waals surface area contributed by atoms with Crippen molar-refractivity contribution in [1.29, 1.82) is 0 Å². The van der Waals surface area contributed by atoms with Crippen LogP contribution in [0.5, 0.6) is 5.75 Å². The molecule has 0 atom stereocenters. The van der Waals surface area contributed by atoms with Gasteiger partial charge in [0, 0.05) is 23.0 Å². The maximum atomic E-state index is 13.5. The van der Waals surface area contributed by atoms with Crippen molar-refractivity contribution in [3.8, 4) is 5.75 Å². The summed E-state index contributed by atoms with van der Waals surface area (Å²) < 4.78 is 38.7. The zero-order chi connectivity index (χ0) is 22.9. The van der Waals surface area contributed by atoms with Crippen LogP contribution < -0.4 is 10.3 Å². The van der Waals surface area contributed by atoms with Crippen LogP contribution in [0, 0.1) is 13.8 Å². The van der Waals surface area contributed by atoms with E-state index in [1.165, 1.54) is 29.8 Å². The van der Waals surface area contributed by atoms with E-state index in [9.17, 15) is 13.2 Å². The van der Waals surface area contributed by atoms with Gasteiger partial charge in [0.05, 0.1) is 24.8 Å². The fourth-order valence-electron chi connectivity index (χ4n) is 3.72. The van der Waals surface area contributed by atoms with Crippen molar-refractivity contribution in [2.24, 2.45) is 0 Å². The third kappa shape index (κ3) is 4.32. The molecule has 0 unspecified atom stereocenters. The molecule has 2 heterocycles. The first-order valence-corrected chi connectivity index (χ1v) is 11.5. The van der Waals surface area contributed by atoms with E-state index in [0.29, 0.717) is 17.1 Å². The molecule has 0 fully saturated rings. The number of methoxy groups -OCH3 is 1. The third-order valence-corrected chi connectivity index (χ3v) is 7.15. The van der Waals surface area contributed by atoms with Crippen molar-refractivity contribution in [2.45, 2.75) is 31.8 Å². The van der Waals surface area contributed by atoms with Gasteiger partial charge in [-0.2, -0.15) is 4.31 Å². The summed E-state index contributed by atoms with van der Waals surface area (Å²) in [6.07, 6.45) is 1.49. The molecule has 2 aromatic carbocycles. The fraction of sp³-hybridized carbons (Fsp3) is 0.208. The van der Waals surface area contributed by atoms with Gasteiger partial charge in [-0.05, 0) is 73.5 Å². The summed E-state index contributed by atoms with van der Waals surface area (Å²) in [5, 5.41) is 0.880. The molecule has 2 aromatic heterocycles. The molecule has 1 N–H and O–H groups in total. The van der Waals surface area contributed by atoms with E-state index in [1.807, 2.05) is 26.0 Å². The fourth-order valence-corrected chi connectivity index (χ4v) is 5.11. The number of ether oxygens (including phenoxy) is 1. The monoisotopic (exact) mass is 452 g/mol. The number of rotatable bonds is 7. The number of nitrogens with zero attached hydrogens (tertiary/aromatic N) is 1. The summed E-state index contributed by atoms with van der Waals surface area (Å²) in [6, 6.07) is 15.2. The van der Waals surface area contributed by atoms with Crippen LogP contribution in [0.1, 0.15) is 22.5 Å². The third-order valence-electron chi connectivity index (χ3n) is 5.35. The van der Waals surface area contributed by atoms with Crippen molar-refractivity contribution in [3.63, 3.8) is 0 Å². The van der Waals surface area contributed by atoms with Crippen molar-refractivity contribution < 1.29 is 17.6 Å². The van der Waals surface area contributed by atoms with Gasteiger partial charge in [0.15, 0.2) is 0 Å². The molecule has 0 saturated carbocycles. The molecule has 0 amide bonds. The number of aromatic nitrogens is 1. The second kappa shape index (κ2) is 8.64. The van der Waals surface area contributed by atoms with Gasteiger partial charge in [-0.15, -0.1) is 0 Å². The Morgan fingerprint density at radius 2 is 1.78 bits per heavy atom. The average Bonchev–Trinajstić information content (AvgIpc) is 3.27. The second-order valence-electron chi connectivity index (χ2n) is 7.69. The molecular weight excluding hydrogens is 428 g/mol. The lowest BCUT2D eigenvalue weighted by Crippen LogP contribution is -2.32. The Labute approximate surface area is 186 Å². The molecule has 0 spiro atoms. The average molecular weight is 453 g/mol. The highest BCUT2D eigenvalue weighted by molar-refractivity contribution is 7.89. The molecule has 4 aromatic rings. The minimum atomic E-state index is -3.92. The van der Waals surface area contributed by atoms with Crippen LogP contribution in [0.3, 0.4) is 0 Å². The Balaban J connectivity index is 1.77. The number of hydrogen-bond donors (Lipinski definition) is 1. The first-order chi connectivity index (χ1) is 15.3. The number of benzene rings is 2. The van der Waals surface area contributed by atoms with Crippen molar-refractivity contribution in [3.05, 3.63) is 93.7 Å². The van der Waals surface area contributed by atoms with Crippen molar-refractivity contribution in [2.75, 3.05) is 7.11 Å². The Hall–Kier alpha value is -3.36. The number of sulfonamides is 1. The molecule has 0 bridgehead atoms. The van der Waals surface area contributed by atoms with Gasteiger partial charge in [0.2, 0.25) is 10.0 Å². The summed E-state index contributed by atoms with van der Waals surface area (Å²) in [5.41, 5.74) is 2.81. The van der Waals surface area contributed by atoms with Crippen LogP contribution in [0.25, 0.3) is 10.9 Å². The highest BCUT2D eigenvalue weighted by atomic mass is 32.2. The number of aryl methyl sites for hydroxylation is 2. The molecule has 0 aliphatic rings. The molecule has 166 valence electrons. The highest BCUT2D eigenvalue weighted by Gasteiger charge is 2.27. The van der Waals surface area contributed by atoms with Crippen LogP contribution in [0.2, 0.25) is 0 Å². The van der Waals surface area contributed by atoms with Gasteiger partial charge in [0.1, 0.15) is 11.5 Å². The lowest BCUT2D eigenvalue weighted by molar-refractivity contribution is 0.357. The predicted octanol–water partition coefficient (Wildman–Crippen LogP) is 4.14. The number of pyridine rings is 1. The number of hydrogen-bond acceptors (Lipinski definition) is 5. The van der Waals surface area contributed by atoms with Gasteiger partial charge in [-0.25, -0.2) is 8.42 Å². The molecule has 0 radical (unpaired) electrons. The van der Waals surface area contributed by atoms with E-state index in [4.69, 9.17) is 9.15 Å². The van der Waals surface area contributed by atoms with Crippen LogP contribution in [-0.4, -0.2) is 24.8 Å². The zero-order valence-corrected chi connectivity index (χ0v) is 18.9. The van der Waals surface area contributed by atoms with Crippen molar-refractivity contribution in [1.82, 2.24) is 9.29 Å². The van der Waals surface area contributed by atoms with Crippen LogP contribution in [0.4, 0.5) is 0 Å². The number of nitrogens with one attached hydrogen (secondary N) is 1. The Bertz CT molecular complexity index is 1410. The molecule has 4 rings (SSSR count). The summed E-state index contributed by atoms with van der Waals surface area (Å²) in [6.45, 7) is 3.82. The molecule has 32 heavy (non-hydrogen) atoms. The number of furan rings is 1. The summed E-state index contributed by atoms with van der Waals surface area (Å²) >= 11 is 0. The number of fused-ring (bicyclic) bond motifs is 1. The van der Waals surface area contributed by atoms with E-state index in [2.05, 4.69) is 4.98 Å². The Kier molecular flexibility index (Phi) is 5.90. The topological polar surface area (TPSA) is 92.6 Å². The van der Waals surface area contributed by atoms with Gasteiger partial charge in [-0.1, -0.05) is 6.07 Å². The Morgan fingerprint density at radius 3 is 2.44 bits per heavy atom. The smallest absolute Gasteiger partial charge is 0.252 e. The van der Waals surface area contributed by atoms with E-state index < -0.39 is 10.0 Å². The summed E-state index contributed by atoms with van der Waals surface area (Å²) in [5.74, 6) is 1.03. The Morgan fingerprint density at radius 1 is 1.03 bits per heavy atom. The van der Waals surface area contributed by atoms with E-state index in [-0.39, 0.29) is 23.5 Å². The van der Waals surface area contributed by atoms with Crippen LogP contribution >= 0.6 is 0 Å². The SMILES string of the molecule is COc1ccc(S(=O)(=O)N(Cc2ccco2)Cc2cc3c(C)cc(C)cc3[nH]c2=O)cc1. The van der Waals surface area contributed by atoms with Gasteiger partial charge >= 0.3 is 0 Å². The minimum absolute atomic E-state index is 0.00821.